The number of nitrogens with zero attached hydrogens (tertiary/aromatic N) is 3. The molecule has 2 aromatic heterocycles. The van der Waals surface area contributed by atoms with Crippen molar-refractivity contribution < 1.29 is 9.53 Å². The number of aromatic amines is 1. The van der Waals surface area contributed by atoms with Crippen molar-refractivity contribution in [2.75, 3.05) is 13.7 Å². The Kier molecular flexibility index (Phi) is 2.91. The molecule has 0 saturated carbocycles. The number of imidazole rings is 1. The van der Waals surface area contributed by atoms with E-state index in [0.29, 0.717) is 24.5 Å². The lowest BCUT2D eigenvalue weighted by molar-refractivity contribution is 0.0731. The van der Waals surface area contributed by atoms with Gasteiger partial charge in [-0.25, -0.2) is 9.97 Å². The minimum atomic E-state index is -0.0130. The van der Waals surface area contributed by atoms with Gasteiger partial charge in [0.2, 0.25) is 5.88 Å². The van der Waals surface area contributed by atoms with Crippen molar-refractivity contribution in [2.45, 2.75) is 13.0 Å². The fourth-order valence-corrected chi connectivity index (χ4v) is 2.22. The van der Waals surface area contributed by atoms with Gasteiger partial charge in [0, 0.05) is 30.8 Å². The first kappa shape index (κ1) is 11.7. The number of pyridine rings is 1. The van der Waals surface area contributed by atoms with E-state index in [2.05, 4.69) is 15.0 Å². The Hall–Kier alpha value is -2.37. The van der Waals surface area contributed by atoms with E-state index in [9.17, 15) is 4.79 Å². The van der Waals surface area contributed by atoms with E-state index < -0.39 is 0 Å². The summed E-state index contributed by atoms with van der Waals surface area (Å²) in [7, 11) is 1.54. The highest BCUT2D eigenvalue weighted by Crippen LogP contribution is 2.18. The molecular weight excluding hydrogens is 244 g/mol. The lowest BCUT2D eigenvalue weighted by atomic mass is 10.1. The third-order valence-electron chi connectivity index (χ3n) is 3.25. The average molecular weight is 258 g/mol. The fourth-order valence-electron chi connectivity index (χ4n) is 2.22. The van der Waals surface area contributed by atoms with Gasteiger partial charge in [0.1, 0.15) is 0 Å². The molecule has 1 aliphatic heterocycles. The van der Waals surface area contributed by atoms with Crippen LogP contribution in [-0.2, 0) is 13.0 Å². The highest BCUT2D eigenvalue weighted by Gasteiger charge is 2.23. The van der Waals surface area contributed by atoms with Gasteiger partial charge in [0.05, 0.1) is 31.4 Å². The summed E-state index contributed by atoms with van der Waals surface area (Å²) < 4.78 is 5.04. The largest absolute Gasteiger partial charge is 0.481 e. The second-order valence-electron chi connectivity index (χ2n) is 4.39. The van der Waals surface area contributed by atoms with Crippen LogP contribution >= 0.6 is 0 Å². The third-order valence-corrected chi connectivity index (χ3v) is 3.25. The quantitative estimate of drug-likeness (QED) is 0.872. The van der Waals surface area contributed by atoms with Gasteiger partial charge in [-0.1, -0.05) is 0 Å². The van der Waals surface area contributed by atoms with Crippen molar-refractivity contribution in [3.8, 4) is 5.88 Å². The molecule has 1 amide bonds. The first-order valence-corrected chi connectivity index (χ1v) is 6.08. The Morgan fingerprint density at radius 3 is 3.21 bits per heavy atom. The first-order valence-electron chi connectivity index (χ1n) is 6.08. The summed E-state index contributed by atoms with van der Waals surface area (Å²) in [4.78, 5) is 25.5. The van der Waals surface area contributed by atoms with Gasteiger partial charge in [0.15, 0.2) is 0 Å². The molecule has 1 aliphatic rings. The van der Waals surface area contributed by atoms with Gasteiger partial charge in [0.25, 0.3) is 5.91 Å². The molecule has 0 aliphatic carbocycles. The maximum atomic E-state index is 12.4. The lowest BCUT2D eigenvalue weighted by Gasteiger charge is -2.26. The zero-order valence-electron chi connectivity index (χ0n) is 10.6. The van der Waals surface area contributed by atoms with Crippen LogP contribution in [0.1, 0.15) is 21.7 Å². The zero-order valence-corrected chi connectivity index (χ0v) is 10.6. The summed E-state index contributed by atoms with van der Waals surface area (Å²) in [6.45, 7) is 1.25. The SMILES string of the molecule is COc1cc(C(=O)N2CCc3nc[nH]c3C2)ccn1. The summed E-state index contributed by atoms with van der Waals surface area (Å²) in [5.74, 6) is 0.436. The summed E-state index contributed by atoms with van der Waals surface area (Å²) in [6, 6.07) is 3.36. The number of hydrogen-bond donors (Lipinski definition) is 1. The molecule has 3 heterocycles. The van der Waals surface area contributed by atoms with Crippen molar-refractivity contribution in [3.63, 3.8) is 0 Å². The molecule has 1 N–H and O–H groups in total. The van der Waals surface area contributed by atoms with Crippen molar-refractivity contribution in [2.24, 2.45) is 0 Å². The van der Waals surface area contributed by atoms with E-state index >= 15 is 0 Å². The molecule has 0 unspecified atom stereocenters. The molecule has 98 valence electrons. The minimum absolute atomic E-state index is 0.0130. The molecular formula is C13H14N4O2. The van der Waals surface area contributed by atoms with Crippen LogP contribution < -0.4 is 4.74 Å². The smallest absolute Gasteiger partial charge is 0.254 e. The van der Waals surface area contributed by atoms with Crippen molar-refractivity contribution in [1.29, 1.82) is 0 Å². The predicted octanol–water partition coefficient (Wildman–Crippen LogP) is 1.01. The van der Waals surface area contributed by atoms with Gasteiger partial charge >= 0.3 is 0 Å². The Morgan fingerprint density at radius 2 is 2.37 bits per heavy atom. The average Bonchev–Trinajstić information content (AvgIpc) is 2.94. The molecule has 6 nitrogen and oxygen atoms in total. The van der Waals surface area contributed by atoms with E-state index in [1.807, 2.05) is 0 Å². The third kappa shape index (κ3) is 2.16. The monoisotopic (exact) mass is 258 g/mol. The molecule has 2 aromatic rings. The molecule has 0 spiro atoms. The molecule has 0 radical (unpaired) electrons. The van der Waals surface area contributed by atoms with E-state index in [4.69, 9.17) is 4.74 Å². The van der Waals surface area contributed by atoms with Crippen LogP contribution in [0.3, 0.4) is 0 Å². The summed E-state index contributed by atoms with van der Waals surface area (Å²) in [5, 5.41) is 0. The number of aromatic nitrogens is 3. The molecule has 0 saturated heterocycles. The van der Waals surface area contributed by atoms with Crippen LogP contribution in [0, 0.1) is 0 Å². The van der Waals surface area contributed by atoms with E-state index in [0.717, 1.165) is 17.8 Å². The number of nitrogens with one attached hydrogen (secondary N) is 1. The van der Waals surface area contributed by atoms with Crippen molar-refractivity contribution in [3.05, 3.63) is 41.6 Å². The van der Waals surface area contributed by atoms with Crippen LogP contribution in [0.4, 0.5) is 0 Å². The van der Waals surface area contributed by atoms with E-state index in [1.165, 1.54) is 7.11 Å². The summed E-state index contributed by atoms with van der Waals surface area (Å²) in [6.07, 6.45) is 4.04. The number of carbonyl (C=O) groups excluding carboxylic acids is 1. The van der Waals surface area contributed by atoms with E-state index in [1.54, 1.807) is 29.6 Å². The lowest BCUT2D eigenvalue weighted by Crippen LogP contribution is -2.36. The highest BCUT2D eigenvalue weighted by molar-refractivity contribution is 5.94. The molecule has 3 rings (SSSR count). The Bertz CT molecular complexity index is 608. The Labute approximate surface area is 110 Å². The molecule has 19 heavy (non-hydrogen) atoms. The number of hydrogen-bond acceptors (Lipinski definition) is 4. The number of amides is 1. The number of methoxy groups -OCH3 is 1. The Morgan fingerprint density at radius 1 is 1.47 bits per heavy atom. The van der Waals surface area contributed by atoms with Gasteiger partial charge in [-0.2, -0.15) is 0 Å². The molecule has 0 atom stereocenters. The number of carbonyl (C=O) groups is 1. The maximum Gasteiger partial charge on any atom is 0.254 e. The van der Waals surface area contributed by atoms with Gasteiger partial charge in [-0.05, 0) is 6.07 Å². The molecule has 0 fully saturated rings. The van der Waals surface area contributed by atoms with Gasteiger partial charge in [-0.15, -0.1) is 0 Å². The Balaban J connectivity index is 1.81. The summed E-state index contributed by atoms with van der Waals surface area (Å²) >= 11 is 0. The highest BCUT2D eigenvalue weighted by atomic mass is 16.5. The normalized spacial score (nSPS) is 14.1. The summed E-state index contributed by atoms with van der Waals surface area (Å²) in [5.41, 5.74) is 2.66. The van der Waals surface area contributed by atoms with E-state index in [-0.39, 0.29) is 5.91 Å². The van der Waals surface area contributed by atoms with Gasteiger partial charge in [-0.3, -0.25) is 4.79 Å². The predicted molar refractivity (Wildman–Crippen MR) is 67.8 cm³/mol. The topological polar surface area (TPSA) is 71.1 Å². The zero-order chi connectivity index (χ0) is 13.2. The molecule has 6 heteroatoms. The number of rotatable bonds is 2. The standard InChI is InChI=1S/C13H14N4O2/c1-19-12-6-9(2-4-14-12)13(18)17-5-3-10-11(7-17)16-8-15-10/h2,4,6,8H,3,5,7H2,1H3,(H,15,16). The maximum absolute atomic E-state index is 12.4. The van der Waals surface area contributed by atoms with Crippen LogP contribution in [0.25, 0.3) is 0 Å². The minimum Gasteiger partial charge on any atom is -0.481 e. The van der Waals surface area contributed by atoms with Crippen molar-refractivity contribution in [1.82, 2.24) is 19.9 Å². The van der Waals surface area contributed by atoms with Crippen LogP contribution in [0.2, 0.25) is 0 Å². The molecule has 0 bridgehead atoms. The number of H-pyrrole nitrogens is 1. The second kappa shape index (κ2) is 4.72. The fraction of sp³-hybridized carbons (Fsp3) is 0.308. The first-order chi connectivity index (χ1) is 9.28. The molecule has 0 aromatic carbocycles. The van der Waals surface area contributed by atoms with Gasteiger partial charge < -0.3 is 14.6 Å². The van der Waals surface area contributed by atoms with Crippen LogP contribution in [0.15, 0.2) is 24.7 Å². The van der Waals surface area contributed by atoms with Crippen molar-refractivity contribution >= 4 is 5.91 Å². The number of ether oxygens (including phenoxy) is 1. The second-order valence-corrected chi connectivity index (χ2v) is 4.39. The van der Waals surface area contributed by atoms with Crippen LogP contribution in [0.5, 0.6) is 5.88 Å². The van der Waals surface area contributed by atoms with Crippen LogP contribution in [-0.4, -0.2) is 39.4 Å². The number of fused-ring (bicyclic) bond motifs is 1.